The predicted molar refractivity (Wildman–Crippen MR) is 60.5 cm³/mol. The summed E-state index contributed by atoms with van der Waals surface area (Å²) in [6.45, 7) is 5.40. The van der Waals surface area contributed by atoms with Crippen molar-refractivity contribution >= 4 is 56.5 Å². The summed E-state index contributed by atoms with van der Waals surface area (Å²) < 4.78 is 10.2. The van der Waals surface area contributed by atoms with E-state index in [1.54, 1.807) is 0 Å². The molecule has 0 heterocycles. The monoisotopic (exact) mass is 338 g/mol. The van der Waals surface area contributed by atoms with Crippen LogP contribution in [0.25, 0.3) is 0 Å². The standard InChI is InChI=1S/C6H12N2O2S2Te/c1-3-7-5(11)9-13-10-6(12)8-4-2/h3-4H2,1-2H3,(H,7,11)(H,8,12). The molecule has 0 aliphatic heterocycles. The van der Waals surface area contributed by atoms with Crippen LogP contribution >= 0.6 is 24.4 Å². The summed E-state index contributed by atoms with van der Waals surface area (Å²) in [6.07, 6.45) is 0. The van der Waals surface area contributed by atoms with E-state index in [1.165, 1.54) is 0 Å². The fourth-order valence-corrected chi connectivity index (χ4v) is 1.87. The topological polar surface area (TPSA) is 42.5 Å². The van der Waals surface area contributed by atoms with E-state index in [0.717, 1.165) is 13.1 Å². The normalized spacial score (nSPS) is 8.77. The summed E-state index contributed by atoms with van der Waals surface area (Å²) >= 11 is 8.59. The molecule has 0 rings (SSSR count). The molecule has 7 heteroatoms. The molecule has 0 fully saturated rings. The Bertz CT molecular complexity index is 162. The Hall–Kier alpha value is 0.170. The van der Waals surface area contributed by atoms with Crippen molar-refractivity contribution in [3.8, 4) is 0 Å². The number of hydrogen-bond acceptors (Lipinski definition) is 4. The van der Waals surface area contributed by atoms with Crippen molar-refractivity contribution in [3.63, 3.8) is 0 Å². The van der Waals surface area contributed by atoms with Gasteiger partial charge in [0.15, 0.2) is 0 Å². The van der Waals surface area contributed by atoms with Crippen molar-refractivity contribution in [2.45, 2.75) is 13.8 Å². The van der Waals surface area contributed by atoms with Crippen molar-refractivity contribution in [2.24, 2.45) is 0 Å². The van der Waals surface area contributed by atoms with Crippen LogP contribution in [0.15, 0.2) is 0 Å². The first kappa shape index (κ1) is 13.2. The first-order chi connectivity index (χ1) is 6.20. The van der Waals surface area contributed by atoms with Crippen LogP contribution < -0.4 is 10.6 Å². The van der Waals surface area contributed by atoms with Crippen LogP contribution in [0.5, 0.6) is 0 Å². The van der Waals surface area contributed by atoms with Crippen LogP contribution in [0.2, 0.25) is 0 Å². The van der Waals surface area contributed by atoms with Gasteiger partial charge < -0.3 is 0 Å². The van der Waals surface area contributed by atoms with E-state index in [-0.39, 0.29) is 0 Å². The van der Waals surface area contributed by atoms with Gasteiger partial charge in [0.1, 0.15) is 0 Å². The SMILES string of the molecule is CCNC(=S)O[Te]OC(=S)NCC. The zero-order valence-corrected chi connectivity index (χ0v) is 11.4. The Morgan fingerprint density at radius 2 is 1.46 bits per heavy atom. The number of nitrogens with one attached hydrogen (secondary N) is 2. The van der Waals surface area contributed by atoms with Gasteiger partial charge in [-0.25, -0.2) is 0 Å². The Labute approximate surface area is 99.9 Å². The summed E-state index contributed by atoms with van der Waals surface area (Å²) in [5, 5.41) is 6.46. The maximum absolute atomic E-state index is 5.10. The Morgan fingerprint density at radius 3 is 1.77 bits per heavy atom. The van der Waals surface area contributed by atoms with Gasteiger partial charge >= 0.3 is 100 Å². The average Bonchev–Trinajstić information content (AvgIpc) is 2.05. The fourth-order valence-electron chi connectivity index (χ4n) is 0.426. The molecule has 0 aromatic carbocycles. The van der Waals surface area contributed by atoms with Gasteiger partial charge in [-0.2, -0.15) is 0 Å². The molecule has 0 amide bonds. The fraction of sp³-hybridized carbons (Fsp3) is 0.667. The molecule has 0 saturated heterocycles. The summed E-state index contributed by atoms with van der Waals surface area (Å²) in [5.74, 6) is 0. The molecule has 0 aromatic heterocycles. The third kappa shape index (κ3) is 8.50. The van der Waals surface area contributed by atoms with E-state index in [1.807, 2.05) is 13.8 Å². The van der Waals surface area contributed by atoms with Crippen LogP contribution in [0.4, 0.5) is 0 Å². The molecule has 0 bridgehead atoms. The van der Waals surface area contributed by atoms with Crippen LogP contribution in [0, 0.1) is 0 Å². The van der Waals surface area contributed by atoms with E-state index in [2.05, 4.69) is 10.6 Å². The van der Waals surface area contributed by atoms with Crippen molar-refractivity contribution in [3.05, 3.63) is 0 Å². The van der Waals surface area contributed by atoms with Crippen molar-refractivity contribution in [1.29, 1.82) is 0 Å². The maximum atomic E-state index is 5.10. The number of rotatable bonds is 4. The van der Waals surface area contributed by atoms with Gasteiger partial charge in [0.25, 0.3) is 0 Å². The van der Waals surface area contributed by atoms with E-state index >= 15 is 0 Å². The molecule has 13 heavy (non-hydrogen) atoms. The first-order valence-electron chi connectivity index (χ1n) is 3.77. The van der Waals surface area contributed by atoms with Gasteiger partial charge in [-0.3, -0.25) is 0 Å². The molecular formula is C6H12N2O2S2Te. The second-order valence-corrected chi connectivity index (χ2v) is 3.95. The second-order valence-electron chi connectivity index (χ2n) is 1.87. The summed E-state index contributed by atoms with van der Waals surface area (Å²) in [5.41, 5.74) is 0. The third-order valence-corrected chi connectivity index (χ3v) is 3.32. The molecule has 2 N–H and O–H groups in total. The van der Waals surface area contributed by atoms with Gasteiger partial charge in [-0.05, 0) is 0 Å². The van der Waals surface area contributed by atoms with Crippen molar-refractivity contribution in [2.75, 3.05) is 13.1 Å². The molecule has 76 valence electrons. The molecule has 0 spiro atoms. The Balaban J connectivity index is 3.33. The first-order valence-corrected chi connectivity index (χ1v) is 6.49. The second kappa shape index (κ2) is 8.75. The molecule has 0 aliphatic carbocycles. The summed E-state index contributed by atoms with van der Waals surface area (Å²) in [4.78, 5) is 0. The molecule has 4 nitrogen and oxygen atoms in total. The molecule has 0 atom stereocenters. The van der Waals surface area contributed by atoms with Gasteiger partial charge in [0, 0.05) is 0 Å². The van der Waals surface area contributed by atoms with Gasteiger partial charge in [-0.1, -0.05) is 0 Å². The number of hydrogen-bond donors (Lipinski definition) is 2. The van der Waals surface area contributed by atoms with E-state index in [9.17, 15) is 0 Å². The Morgan fingerprint density at radius 1 is 1.08 bits per heavy atom. The van der Waals surface area contributed by atoms with Gasteiger partial charge in [-0.15, -0.1) is 0 Å². The quantitative estimate of drug-likeness (QED) is 0.570. The molecule has 0 unspecified atom stereocenters. The van der Waals surface area contributed by atoms with E-state index in [0.29, 0.717) is 10.3 Å². The van der Waals surface area contributed by atoms with Crippen LogP contribution in [-0.4, -0.2) is 45.2 Å². The summed E-state index contributed by atoms with van der Waals surface area (Å²) in [6, 6.07) is 0. The Kier molecular flexibility index (Phi) is 8.87. The summed E-state index contributed by atoms with van der Waals surface area (Å²) in [7, 11) is 0. The zero-order chi connectivity index (χ0) is 10.1. The van der Waals surface area contributed by atoms with Gasteiger partial charge in [0.05, 0.1) is 0 Å². The van der Waals surface area contributed by atoms with Crippen molar-refractivity contribution < 1.29 is 6.20 Å². The zero-order valence-electron chi connectivity index (χ0n) is 7.46. The molecule has 0 aromatic rings. The van der Waals surface area contributed by atoms with Gasteiger partial charge in [0.2, 0.25) is 0 Å². The van der Waals surface area contributed by atoms with Crippen LogP contribution in [-0.2, 0) is 6.20 Å². The average molecular weight is 336 g/mol. The van der Waals surface area contributed by atoms with Crippen molar-refractivity contribution in [1.82, 2.24) is 10.6 Å². The van der Waals surface area contributed by atoms with E-state index in [4.69, 9.17) is 30.6 Å². The predicted octanol–water partition coefficient (Wildman–Crippen LogP) is 0.343. The van der Waals surface area contributed by atoms with E-state index < -0.39 is 21.7 Å². The third-order valence-electron chi connectivity index (χ3n) is 0.862. The minimum atomic E-state index is -1.06. The molecular weight excluding hydrogens is 324 g/mol. The van der Waals surface area contributed by atoms with Crippen LogP contribution in [0.1, 0.15) is 13.8 Å². The van der Waals surface area contributed by atoms with Crippen LogP contribution in [0.3, 0.4) is 0 Å². The molecule has 0 aliphatic rings. The molecule has 0 saturated carbocycles. The minimum absolute atomic E-state index is 0.379. The molecule has 0 radical (unpaired) electrons. The number of thiocarbonyl (C=S) groups is 2.